The predicted octanol–water partition coefficient (Wildman–Crippen LogP) is 0.631. The quantitative estimate of drug-likeness (QED) is 0.571. The lowest BCUT2D eigenvalue weighted by Crippen LogP contribution is -2.30. The van der Waals surface area contributed by atoms with E-state index in [0.717, 1.165) is 36.7 Å². The highest BCUT2D eigenvalue weighted by Gasteiger charge is 2.13. The summed E-state index contributed by atoms with van der Waals surface area (Å²) in [6, 6.07) is 0. The molecule has 1 rings (SSSR count). The molecule has 0 aliphatic rings. The van der Waals surface area contributed by atoms with Gasteiger partial charge in [-0.05, 0) is 21.0 Å². The van der Waals surface area contributed by atoms with Gasteiger partial charge in [-0.15, -0.1) is 0 Å². The first-order valence-corrected chi connectivity index (χ1v) is 6.19. The second-order valence-corrected chi connectivity index (χ2v) is 4.66. The number of rotatable bonds is 6. The fourth-order valence-electron chi connectivity index (χ4n) is 1.68. The molecule has 0 spiro atoms. The minimum absolute atomic E-state index is 0.702. The third-order valence-corrected chi connectivity index (χ3v) is 2.86. The van der Waals surface area contributed by atoms with E-state index in [9.17, 15) is 0 Å². The van der Waals surface area contributed by atoms with Crippen LogP contribution < -0.4 is 16.2 Å². The molecule has 0 aliphatic heterocycles. The van der Waals surface area contributed by atoms with E-state index in [1.807, 2.05) is 20.9 Å². The van der Waals surface area contributed by atoms with Gasteiger partial charge in [0.15, 0.2) is 0 Å². The first-order chi connectivity index (χ1) is 8.49. The average Bonchev–Trinajstić information content (AvgIpc) is 2.36. The van der Waals surface area contributed by atoms with Crippen LogP contribution >= 0.6 is 0 Å². The summed E-state index contributed by atoms with van der Waals surface area (Å²) in [7, 11) is 6.16. The van der Waals surface area contributed by atoms with Crippen molar-refractivity contribution >= 4 is 11.6 Å². The summed E-state index contributed by atoms with van der Waals surface area (Å²) in [5, 5.41) is 0. The van der Waals surface area contributed by atoms with Crippen LogP contribution in [0.15, 0.2) is 0 Å². The lowest BCUT2D eigenvalue weighted by Gasteiger charge is -2.23. The van der Waals surface area contributed by atoms with Crippen molar-refractivity contribution in [2.45, 2.75) is 20.3 Å². The highest BCUT2D eigenvalue weighted by molar-refractivity contribution is 5.57. The van der Waals surface area contributed by atoms with Crippen LogP contribution in [0.5, 0.6) is 0 Å². The third-order valence-electron chi connectivity index (χ3n) is 2.86. The number of nitrogens with one attached hydrogen (secondary N) is 1. The molecule has 6 heteroatoms. The Hall–Kier alpha value is -1.40. The summed E-state index contributed by atoms with van der Waals surface area (Å²) in [5.74, 6) is 7.95. The third kappa shape index (κ3) is 3.54. The maximum Gasteiger partial charge on any atom is 0.148 e. The highest BCUT2D eigenvalue weighted by Crippen LogP contribution is 2.22. The minimum atomic E-state index is 0.702. The molecule has 3 N–H and O–H groups in total. The van der Waals surface area contributed by atoms with Crippen molar-refractivity contribution in [1.82, 2.24) is 14.9 Å². The number of hydrogen-bond acceptors (Lipinski definition) is 6. The molecular formula is C12H24N6. The van der Waals surface area contributed by atoms with Gasteiger partial charge >= 0.3 is 0 Å². The summed E-state index contributed by atoms with van der Waals surface area (Å²) in [5.41, 5.74) is 3.62. The molecule has 6 nitrogen and oxygen atoms in total. The van der Waals surface area contributed by atoms with Crippen molar-refractivity contribution in [3.8, 4) is 0 Å². The molecular weight excluding hydrogens is 228 g/mol. The molecule has 18 heavy (non-hydrogen) atoms. The minimum Gasteiger partial charge on any atom is -0.358 e. The Morgan fingerprint density at radius 1 is 1.17 bits per heavy atom. The van der Waals surface area contributed by atoms with Gasteiger partial charge in [0.2, 0.25) is 0 Å². The molecule has 1 aromatic rings. The molecule has 0 bridgehead atoms. The first kappa shape index (κ1) is 14.7. The number of aryl methyl sites for hydroxylation is 1. The van der Waals surface area contributed by atoms with Gasteiger partial charge in [-0.2, -0.15) is 0 Å². The second-order valence-electron chi connectivity index (χ2n) is 4.66. The molecule has 1 heterocycles. The number of hydrazine groups is 1. The Balaban J connectivity index is 2.98. The SMILES string of the molecule is CCc1nc(NN)c(C)c(N(C)CCN(C)C)n1. The molecule has 0 saturated heterocycles. The zero-order valence-corrected chi connectivity index (χ0v) is 12.0. The Labute approximate surface area is 109 Å². The summed E-state index contributed by atoms with van der Waals surface area (Å²) >= 11 is 0. The van der Waals surface area contributed by atoms with E-state index in [1.54, 1.807) is 0 Å². The van der Waals surface area contributed by atoms with Crippen molar-refractivity contribution < 1.29 is 0 Å². The average molecular weight is 252 g/mol. The maximum absolute atomic E-state index is 5.50. The summed E-state index contributed by atoms with van der Waals surface area (Å²) in [6.45, 7) is 5.91. The van der Waals surface area contributed by atoms with E-state index >= 15 is 0 Å². The standard InChI is InChI=1S/C12H24N6/c1-6-10-14-11(16-13)9(2)12(15-10)18(5)8-7-17(3)4/h6-8,13H2,1-5H3,(H,14,15,16). The van der Waals surface area contributed by atoms with Crippen LogP contribution in [0.4, 0.5) is 11.6 Å². The normalized spacial score (nSPS) is 10.8. The van der Waals surface area contributed by atoms with Crippen LogP contribution in [-0.4, -0.2) is 49.1 Å². The largest absolute Gasteiger partial charge is 0.358 e. The predicted molar refractivity (Wildman–Crippen MR) is 75.8 cm³/mol. The van der Waals surface area contributed by atoms with Crippen molar-refractivity contribution in [2.75, 3.05) is 44.6 Å². The maximum atomic E-state index is 5.50. The van der Waals surface area contributed by atoms with Crippen LogP contribution in [0.3, 0.4) is 0 Å². The van der Waals surface area contributed by atoms with Crippen LogP contribution in [0.25, 0.3) is 0 Å². The molecule has 0 aromatic carbocycles. The lowest BCUT2D eigenvalue weighted by atomic mass is 10.2. The highest BCUT2D eigenvalue weighted by atomic mass is 15.3. The zero-order chi connectivity index (χ0) is 13.7. The van der Waals surface area contributed by atoms with Gasteiger partial charge in [0.25, 0.3) is 0 Å². The van der Waals surface area contributed by atoms with E-state index in [2.05, 4.69) is 39.3 Å². The van der Waals surface area contributed by atoms with E-state index in [1.165, 1.54) is 0 Å². The van der Waals surface area contributed by atoms with Gasteiger partial charge in [0, 0.05) is 32.1 Å². The van der Waals surface area contributed by atoms with Crippen LogP contribution in [0.1, 0.15) is 18.3 Å². The monoisotopic (exact) mass is 252 g/mol. The summed E-state index contributed by atoms with van der Waals surface area (Å²) in [4.78, 5) is 13.2. The molecule has 1 aromatic heterocycles. The number of nitrogens with zero attached hydrogens (tertiary/aromatic N) is 4. The van der Waals surface area contributed by atoms with Gasteiger partial charge < -0.3 is 15.2 Å². The van der Waals surface area contributed by atoms with Crippen molar-refractivity contribution in [3.05, 3.63) is 11.4 Å². The molecule has 0 atom stereocenters. The van der Waals surface area contributed by atoms with E-state index in [0.29, 0.717) is 5.82 Å². The van der Waals surface area contributed by atoms with Gasteiger partial charge in [-0.25, -0.2) is 15.8 Å². The number of anilines is 2. The number of hydrogen-bond donors (Lipinski definition) is 2. The second kappa shape index (κ2) is 6.51. The molecule has 0 radical (unpaired) electrons. The van der Waals surface area contributed by atoms with Crippen molar-refractivity contribution in [2.24, 2.45) is 5.84 Å². The molecule has 0 aliphatic carbocycles. The fourth-order valence-corrected chi connectivity index (χ4v) is 1.68. The first-order valence-electron chi connectivity index (χ1n) is 6.19. The van der Waals surface area contributed by atoms with E-state index < -0.39 is 0 Å². The molecule has 0 saturated carbocycles. The molecule has 0 fully saturated rings. The topological polar surface area (TPSA) is 70.3 Å². The molecule has 102 valence electrons. The zero-order valence-electron chi connectivity index (χ0n) is 12.0. The summed E-state index contributed by atoms with van der Waals surface area (Å²) in [6.07, 6.45) is 0.795. The number of nitrogens with two attached hydrogens (primary N) is 1. The number of aromatic nitrogens is 2. The van der Waals surface area contributed by atoms with Crippen molar-refractivity contribution in [1.29, 1.82) is 0 Å². The van der Waals surface area contributed by atoms with E-state index in [-0.39, 0.29) is 0 Å². The van der Waals surface area contributed by atoms with E-state index in [4.69, 9.17) is 5.84 Å². The smallest absolute Gasteiger partial charge is 0.148 e. The Morgan fingerprint density at radius 3 is 2.33 bits per heavy atom. The van der Waals surface area contributed by atoms with Crippen molar-refractivity contribution in [3.63, 3.8) is 0 Å². The Morgan fingerprint density at radius 2 is 1.83 bits per heavy atom. The van der Waals surface area contributed by atoms with Crippen LogP contribution in [0.2, 0.25) is 0 Å². The lowest BCUT2D eigenvalue weighted by molar-refractivity contribution is 0.416. The Bertz CT molecular complexity index is 390. The van der Waals surface area contributed by atoms with Crippen LogP contribution in [-0.2, 0) is 6.42 Å². The Kier molecular flexibility index (Phi) is 5.30. The van der Waals surface area contributed by atoms with Gasteiger partial charge in [-0.1, -0.05) is 6.92 Å². The summed E-state index contributed by atoms with van der Waals surface area (Å²) < 4.78 is 0. The van der Waals surface area contributed by atoms with Gasteiger partial charge in [0.05, 0.1) is 0 Å². The van der Waals surface area contributed by atoms with Gasteiger partial charge in [0.1, 0.15) is 17.5 Å². The number of likely N-dealkylation sites (N-methyl/N-ethyl adjacent to an activating group) is 2. The fraction of sp³-hybridized carbons (Fsp3) is 0.667. The molecule has 0 unspecified atom stereocenters. The molecule has 0 amide bonds. The van der Waals surface area contributed by atoms with Gasteiger partial charge in [-0.3, -0.25) is 0 Å². The number of nitrogen functional groups attached to an aromatic ring is 1. The van der Waals surface area contributed by atoms with Crippen LogP contribution in [0, 0.1) is 6.92 Å².